The van der Waals surface area contributed by atoms with E-state index < -0.39 is 0 Å². The van der Waals surface area contributed by atoms with Crippen molar-refractivity contribution in [1.82, 2.24) is 15.0 Å². The quantitative estimate of drug-likeness (QED) is 0.616. The first kappa shape index (κ1) is 18.4. The van der Waals surface area contributed by atoms with E-state index >= 15 is 0 Å². The van der Waals surface area contributed by atoms with Crippen LogP contribution in [0, 0.1) is 5.92 Å². The number of quaternary nitrogens is 1. The van der Waals surface area contributed by atoms with Crippen LogP contribution < -0.4 is 16.0 Å². The molecule has 2 heterocycles. The maximum atomic E-state index is 5.91. The highest BCUT2D eigenvalue weighted by molar-refractivity contribution is 5.53. The summed E-state index contributed by atoms with van der Waals surface area (Å²) in [5.74, 6) is 2.29. The van der Waals surface area contributed by atoms with Crippen molar-refractivity contribution in [1.29, 1.82) is 0 Å². The van der Waals surface area contributed by atoms with E-state index in [9.17, 15) is 0 Å². The predicted molar refractivity (Wildman–Crippen MR) is 111 cm³/mol. The van der Waals surface area contributed by atoms with Crippen LogP contribution in [0.1, 0.15) is 24.2 Å². The molecule has 0 radical (unpaired) electrons. The van der Waals surface area contributed by atoms with Crippen LogP contribution in [0.4, 0.5) is 17.6 Å². The van der Waals surface area contributed by atoms with Crippen LogP contribution in [-0.2, 0) is 13.0 Å². The van der Waals surface area contributed by atoms with Crippen LogP contribution in [0.3, 0.4) is 0 Å². The first-order chi connectivity index (χ1) is 13.7. The van der Waals surface area contributed by atoms with Crippen LogP contribution in [0.5, 0.6) is 0 Å². The van der Waals surface area contributed by atoms with E-state index in [2.05, 4.69) is 50.6 Å². The monoisotopic (exact) mass is 375 g/mol. The molecule has 4 N–H and O–H groups in total. The average Bonchev–Trinajstić information content (AvgIpc) is 2.71. The summed E-state index contributed by atoms with van der Waals surface area (Å²) >= 11 is 0. The molecular formula is C22H27N6+. The van der Waals surface area contributed by atoms with Crippen molar-refractivity contribution in [2.75, 3.05) is 24.1 Å². The van der Waals surface area contributed by atoms with Crippen LogP contribution in [-0.4, -0.2) is 28.0 Å². The molecule has 28 heavy (non-hydrogen) atoms. The summed E-state index contributed by atoms with van der Waals surface area (Å²) in [5, 5.41) is 3.21. The smallest absolute Gasteiger partial charge is 0.232 e. The zero-order valence-electron chi connectivity index (χ0n) is 16.0. The molecule has 4 rings (SSSR count). The second-order valence-corrected chi connectivity index (χ2v) is 7.48. The number of rotatable bonds is 6. The predicted octanol–water partition coefficient (Wildman–Crippen LogP) is 2.23. The van der Waals surface area contributed by atoms with E-state index in [1.54, 1.807) is 0 Å². The van der Waals surface area contributed by atoms with Crippen LogP contribution in [0.2, 0.25) is 0 Å². The average molecular weight is 376 g/mol. The van der Waals surface area contributed by atoms with E-state index in [0.29, 0.717) is 5.95 Å². The zero-order chi connectivity index (χ0) is 19.2. The maximum Gasteiger partial charge on any atom is 0.232 e. The van der Waals surface area contributed by atoms with E-state index in [0.717, 1.165) is 37.1 Å². The lowest BCUT2D eigenvalue weighted by Crippen LogP contribution is -3.11. The van der Waals surface area contributed by atoms with Gasteiger partial charge in [0.15, 0.2) is 5.82 Å². The summed E-state index contributed by atoms with van der Waals surface area (Å²) < 4.78 is 0. The molecule has 2 aromatic carbocycles. The molecular weight excluding hydrogens is 348 g/mol. The number of likely N-dealkylation sites (tertiary alicyclic amines) is 1. The lowest BCUT2D eigenvalue weighted by Gasteiger charge is -2.29. The molecule has 0 spiro atoms. The summed E-state index contributed by atoms with van der Waals surface area (Å²) in [7, 11) is 0. The van der Waals surface area contributed by atoms with Gasteiger partial charge < -0.3 is 16.0 Å². The standard InChI is InChI=1S/C22H26N6/c23-21-25-20(26-22(27-21)24-19-9-5-2-6-10-19)16-28-13-11-18(12-14-28)15-17-7-3-1-4-8-17/h1-10,18H,11-16H2,(H3,23,24,25,26,27)/p+1. The van der Waals surface area contributed by atoms with Gasteiger partial charge in [0.25, 0.3) is 0 Å². The normalized spacial score (nSPS) is 19.3. The second kappa shape index (κ2) is 8.80. The van der Waals surface area contributed by atoms with E-state index in [-0.39, 0.29) is 5.95 Å². The summed E-state index contributed by atoms with van der Waals surface area (Å²) in [6.45, 7) is 3.07. The Kier molecular flexibility index (Phi) is 5.77. The highest BCUT2D eigenvalue weighted by atomic mass is 15.2. The van der Waals surface area contributed by atoms with Crippen molar-refractivity contribution >= 4 is 17.6 Å². The fourth-order valence-electron chi connectivity index (χ4n) is 3.86. The lowest BCUT2D eigenvalue weighted by atomic mass is 9.90. The number of nitrogens with two attached hydrogens (primary N) is 1. The molecule has 0 saturated carbocycles. The Bertz CT molecular complexity index is 876. The summed E-state index contributed by atoms with van der Waals surface area (Å²) in [4.78, 5) is 14.7. The number of aromatic nitrogens is 3. The van der Waals surface area contributed by atoms with Gasteiger partial charge in [0.2, 0.25) is 11.9 Å². The highest BCUT2D eigenvalue weighted by Crippen LogP contribution is 2.17. The minimum Gasteiger partial charge on any atom is -0.368 e. The molecule has 1 aliphatic rings. The minimum atomic E-state index is 0.266. The summed E-state index contributed by atoms with van der Waals surface area (Å²) in [6, 6.07) is 20.7. The van der Waals surface area contributed by atoms with E-state index in [1.807, 2.05) is 30.3 Å². The Labute approximate surface area is 165 Å². The van der Waals surface area contributed by atoms with E-state index in [1.165, 1.54) is 29.7 Å². The summed E-state index contributed by atoms with van der Waals surface area (Å²) in [5.41, 5.74) is 8.30. The van der Waals surface area contributed by atoms with Crippen molar-refractivity contribution in [3.05, 3.63) is 72.1 Å². The Balaban J connectivity index is 1.33. The molecule has 0 bridgehead atoms. The third kappa shape index (κ3) is 5.04. The number of nitrogens with one attached hydrogen (secondary N) is 2. The van der Waals surface area contributed by atoms with Gasteiger partial charge in [-0.05, 0) is 42.9 Å². The van der Waals surface area contributed by atoms with Crippen molar-refractivity contribution < 1.29 is 4.90 Å². The van der Waals surface area contributed by atoms with Crippen LogP contribution >= 0.6 is 0 Å². The fourth-order valence-corrected chi connectivity index (χ4v) is 3.86. The number of nitrogens with zero attached hydrogens (tertiary/aromatic N) is 3. The Morgan fingerprint density at radius 3 is 2.29 bits per heavy atom. The molecule has 1 saturated heterocycles. The van der Waals surface area contributed by atoms with Gasteiger partial charge in [-0.3, -0.25) is 0 Å². The molecule has 0 aliphatic carbocycles. The zero-order valence-corrected chi connectivity index (χ0v) is 16.0. The molecule has 144 valence electrons. The first-order valence-corrected chi connectivity index (χ1v) is 9.94. The van der Waals surface area contributed by atoms with Crippen molar-refractivity contribution in [2.45, 2.75) is 25.8 Å². The molecule has 1 fully saturated rings. The number of hydrogen-bond acceptors (Lipinski definition) is 5. The van der Waals surface area contributed by atoms with Gasteiger partial charge in [-0.15, -0.1) is 0 Å². The van der Waals surface area contributed by atoms with Crippen molar-refractivity contribution in [2.24, 2.45) is 5.92 Å². The maximum absolute atomic E-state index is 5.91. The van der Waals surface area contributed by atoms with Gasteiger partial charge in [0, 0.05) is 5.69 Å². The third-order valence-corrected chi connectivity index (χ3v) is 5.32. The van der Waals surface area contributed by atoms with Gasteiger partial charge >= 0.3 is 0 Å². The Morgan fingerprint density at radius 1 is 0.893 bits per heavy atom. The molecule has 6 nitrogen and oxygen atoms in total. The van der Waals surface area contributed by atoms with Crippen LogP contribution in [0.25, 0.3) is 0 Å². The topological polar surface area (TPSA) is 81.2 Å². The number of piperidine rings is 1. The SMILES string of the molecule is Nc1nc(C[NH+]2CCC(Cc3ccccc3)CC2)nc(Nc2ccccc2)n1. The van der Waals surface area contributed by atoms with E-state index in [4.69, 9.17) is 5.73 Å². The van der Waals surface area contributed by atoms with Gasteiger partial charge in [0.1, 0.15) is 6.54 Å². The largest absolute Gasteiger partial charge is 0.368 e. The number of nitrogen functional groups attached to an aromatic ring is 1. The molecule has 3 aromatic rings. The number of benzene rings is 2. The first-order valence-electron chi connectivity index (χ1n) is 9.94. The second-order valence-electron chi connectivity index (χ2n) is 7.48. The lowest BCUT2D eigenvalue weighted by molar-refractivity contribution is -0.920. The number of anilines is 3. The van der Waals surface area contributed by atoms with Crippen molar-refractivity contribution in [3.8, 4) is 0 Å². The van der Waals surface area contributed by atoms with Gasteiger partial charge in [-0.2, -0.15) is 15.0 Å². The minimum absolute atomic E-state index is 0.266. The van der Waals surface area contributed by atoms with Crippen molar-refractivity contribution in [3.63, 3.8) is 0 Å². The fraction of sp³-hybridized carbons (Fsp3) is 0.318. The molecule has 0 atom stereocenters. The molecule has 6 heteroatoms. The third-order valence-electron chi connectivity index (χ3n) is 5.32. The Hall–Kier alpha value is -2.99. The van der Waals surface area contributed by atoms with Gasteiger partial charge in [-0.25, -0.2) is 0 Å². The summed E-state index contributed by atoms with van der Waals surface area (Å²) in [6.07, 6.45) is 3.65. The number of hydrogen-bond donors (Lipinski definition) is 3. The van der Waals surface area contributed by atoms with Gasteiger partial charge in [0.05, 0.1) is 13.1 Å². The molecule has 1 aromatic heterocycles. The Morgan fingerprint density at radius 2 is 1.57 bits per heavy atom. The number of para-hydroxylation sites is 1. The molecule has 0 unspecified atom stereocenters. The highest BCUT2D eigenvalue weighted by Gasteiger charge is 2.23. The molecule has 0 amide bonds. The van der Waals surface area contributed by atoms with Gasteiger partial charge in [-0.1, -0.05) is 48.5 Å². The van der Waals surface area contributed by atoms with Crippen LogP contribution in [0.15, 0.2) is 60.7 Å². The molecule has 1 aliphatic heterocycles.